The second kappa shape index (κ2) is 6.68. The van der Waals surface area contributed by atoms with Crippen molar-refractivity contribution >= 4 is 38.8 Å². The molecular formula is C17H18N4O2S2. The first-order chi connectivity index (χ1) is 12.1. The van der Waals surface area contributed by atoms with Crippen LogP contribution in [0, 0.1) is 6.92 Å². The van der Waals surface area contributed by atoms with Crippen LogP contribution in [0.3, 0.4) is 0 Å². The van der Waals surface area contributed by atoms with Gasteiger partial charge in [0.1, 0.15) is 12.2 Å². The van der Waals surface area contributed by atoms with Gasteiger partial charge in [0.2, 0.25) is 5.91 Å². The van der Waals surface area contributed by atoms with Crippen LogP contribution in [-0.4, -0.2) is 26.7 Å². The molecular weight excluding hydrogens is 356 g/mol. The number of nitrogens with one attached hydrogen (secondary N) is 1. The maximum Gasteiger partial charge on any atom is 0.294 e. The van der Waals surface area contributed by atoms with Gasteiger partial charge in [-0.3, -0.25) is 9.59 Å². The van der Waals surface area contributed by atoms with Crippen LogP contribution in [0.5, 0.6) is 0 Å². The van der Waals surface area contributed by atoms with Gasteiger partial charge in [-0.25, -0.2) is 9.67 Å². The van der Waals surface area contributed by atoms with E-state index in [-0.39, 0.29) is 24.1 Å². The molecule has 1 amide bonds. The third kappa shape index (κ3) is 3.23. The van der Waals surface area contributed by atoms with E-state index in [1.54, 1.807) is 11.3 Å². The predicted molar refractivity (Wildman–Crippen MR) is 100 cm³/mol. The lowest BCUT2D eigenvalue weighted by atomic mass is 10.2. The second-order valence-corrected chi connectivity index (χ2v) is 8.40. The smallest absolute Gasteiger partial charge is 0.294 e. The monoisotopic (exact) mass is 374 g/mol. The summed E-state index contributed by atoms with van der Waals surface area (Å²) < 4.78 is 2.04. The lowest BCUT2D eigenvalue weighted by Crippen LogP contribution is -2.38. The second-order valence-electron chi connectivity index (χ2n) is 6.25. The van der Waals surface area contributed by atoms with Crippen LogP contribution in [0.1, 0.15) is 30.7 Å². The molecule has 25 heavy (non-hydrogen) atoms. The number of hydrogen-bond acceptors (Lipinski definition) is 6. The van der Waals surface area contributed by atoms with Gasteiger partial charge >= 0.3 is 0 Å². The van der Waals surface area contributed by atoms with Gasteiger partial charge < -0.3 is 5.32 Å². The van der Waals surface area contributed by atoms with Crippen LogP contribution >= 0.6 is 22.7 Å². The number of carbonyl (C=O) groups excluding carboxylic acids is 1. The highest BCUT2D eigenvalue weighted by Crippen LogP contribution is 2.31. The molecule has 1 fully saturated rings. The fraction of sp³-hybridized carbons (Fsp3) is 0.412. The van der Waals surface area contributed by atoms with E-state index in [9.17, 15) is 9.59 Å². The first kappa shape index (κ1) is 16.4. The van der Waals surface area contributed by atoms with Gasteiger partial charge in [0.25, 0.3) is 5.56 Å². The molecule has 8 heteroatoms. The molecule has 1 aliphatic carbocycles. The van der Waals surface area contributed by atoms with E-state index in [4.69, 9.17) is 0 Å². The average Bonchev–Trinajstić information content (AvgIpc) is 3.31. The van der Waals surface area contributed by atoms with Crippen LogP contribution in [0.2, 0.25) is 0 Å². The molecule has 0 aromatic carbocycles. The SMILES string of the molecule is Cc1nc2c(=O)n(CC(=O)NC3CCCC3)nc(-c3cccs3)c2s1. The number of thiophene rings is 1. The molecule has 0 bridgehead atoms. The Balaban J connectivity index is 1.72. The van der Waals surface area contributed by atoms with Crippen molar-refractivity contribution in [2.24, 2.45) is 0 Å². The Labute approximate surface area is 152 Å². The van der Waals surface area contributed by atoms with Gasteiger partial charge in [-0.1, -0.05) is 18.9 Å². The molecule has 0 aliphatic heterocycles. The van der Waals surface area contributed by atoms with E-state index < -0.39 is 0 Å². The first-order valence-electron chi connectivity index (χ1n) is 8.33. The predicted octanol–water partition coefficient (Wildman–Crippen LogP) is 2.95. The minimum Gasteiger partial charge on any atom is -0.352 e. The van der Waals surface area contributed by atoms with Crippen LogP contribution < -0.4 is 10.9 Å². The molecule has 6 nitrogen and oxygen atoms in total. The molecule has 0 saturated heterocycles. The fourth-order valence-corrected chi connectivity index (χ4v) is 4.92. The zero-order valence-corrected chi connectivity index (χ0v) is 15.5. The highest BCUT2D eigenvalue weighted by Gasteiger charge is 2.20. The number of amides is 1. The largest absolute Gasteiger partial charge is 0.352 e. The summed E-state index contributed by atoms with van der Waals surface area (Å²) in [5, 5.41) is 10.3. The fourth-order valence-electron chi connectivity index (χ4n) is 3.23. The highest BCUT2D eigenvalue weighted by molar-refractivity contribution is 7.20. The Bertz CT molecular complexity index is 969. The van der Waals surface area contributed by atoms with Gasteiger partial charge in [0.15, 0.2) is 5.52 Å². The maximum absolute atomic E-state index is 12.7. The Morgan fingerprint density at radius 2 is 2.20 bits per heavy atom. The molecule has 1 N–H and O–H groups in total. The van der Waals surface area contributed by atoms with Crippen molar-refractivity contribution in [2.45, 2.75) is 45.2 Å². The Morgan fingerprint density at radius 1 is 1.40 bits per heavy atom. The number of nitrogens with zero attached hydrogens (tertiary/aromatic N) is 3. The van der Waals surface area contributed by atoms with Crippen molar-refractivity contribution in [1.29, 1.82) is 0 Å². The van der Waals surface area contributed by atoms with E-state index in [0.29, 0.717) is 5.52 Å². The van der Waals surface area contributed by atoms with E-state index in [1.165, 1.54) is 16.0 Å². The Morgan fingerprint density at radius 3 is 2.92 bits per heavy atom. The van der Waals surface area contributed by atoms with Gasteiger partial charge in [-0.05, 0) is 31.2 Å². The molecule has 0 unspecified atom stereocenters. The van der Waals surface area contributed by atoms with Crippen LogP contribution in [0.25, 0.3) is 20.8 Å². The minimum absolute atomic E-state index is 0.0692. The number of thiazole rings is 1. The Hall–Kier alpha value is -2.06. The summed E-state index contributed by atoms with van der Waals surface area (Å²) in [5.41, 5.74) is 0.819. The Kier molecular flexibility index (Phi) is 4.39. The normalized spacial score (nSPS) is 15.1. The lowest BCUT2D eigenvalue weighted by Gasteiger charge is -2.12. The zero-order valence-electron chi connectivity index (χ0n) is 13.8. The van der Waals surface area contributed by atoms with Crippen molar-refractivity contribution in [2.75, 3.05) is 0 Å². The van der Waals surface area contributed by atoms with Crippen LogP contribution in [0.15, 0.2) is 22.3 Å². The number of aromatic nitrogens is 3. The number of hydrogen-bond donors (Lipinski definition) is 1. The van der Waals surface area contributed by atoms with Crippen LogP contribution in [-0.2, 0) is 11.3 Å². The molecule has 130 valence electrons. The van der Waals surface area contributed by atoms with Crippen molar-refractivity contribution in [1.82, 2.24) is 20.1 Å². The summed E-state index contributed by atoms with van der Waals surface area (Å²) >= 11 is 3.02. The number of aryl methyl sites for hydroxylation is 1. The molecule has 1 saturated carbocycles. The van der Waals surface area contributed by atoms with Gasteiger partial charge in [-0.2, -0.15) is 5.10 Å². The standard InChI is InChI=1S/C17H18N4O2S2/c1-10-18-15-16(25-10)14(12-7-4-8-24-12)20-21(17(15)23)9-13(22)19-11-5-2-3-6-11/h4,7-8,11H,2-3,5-6,9H2,1H3,(H,19,22). The summed E-state index contributed by atoms with van der Waals surface area (Å²) in [6, 6.07) is 4.14. The van der Waals surface area contributed by atoms with Crippen molar-refractivity contribution in [3.63, 3.8) is 0 Å². The minimum atomic E-state index is -0.304. The molecule has 3 aromatic heterocycles. The number of rotatable bonds is 4. The quantitative estimate of drug-likeness (QED) is 0.762. The van der Waals surface area contributed by atoms with Crippen molar-refractivity contribution < 1.29 is 4.79 Å². The maximum atomic E-state index is 12.7. The number of carbonyl (C=O) groups is 1. The summed E-state index contributed by atoms with van der Waals surface area (Å²) in [5.74, 6) is -0.162. The van der Waals surface area contributed by atoms with Gasteiger partial charge in [0, 0.05) is 6.04 Å². The third-order valence-electron chi connectivity index (χ3n) is 4.38. The molecule has 0 spiro atoms. The summed E-state index contributed by atoms with van der Waals surface area (Å²) in [4.78, 5) is 30.4. The zero-order chi connectivity index (χ0) is 17.4. The van der Waals surface area contributed by atoms with E-state index in [1.807, 2.05) is 24.4 Å². The van der Waals surface area contributed by atoms with Gasteiger partial charge in [-0.15, -0.1) is 22.7 Å². The van der Waals surface area contributed by atoms with E-state index >= 15 is 0 Å². The molecule has 4 rings (SSSR count). The van der Waals surface area contributed by atoms with E-state index in [2.05, 4.69) is 15.4 Å². The van der Waals surface area contributed by atoms with E-state index in [0.717, 1.165) is 46.0 Å². The first-order valence-corrected chi connectivity index (χ1v) is 10.0. The molecule has 0 atom stereocenters. The molecule has 3 heterocycles. The van der Waals surface area contributed by atoms with Crippen molar-refractivity contribution in [3.05, 3.63) is 32.9 Å². The highest BCUT2D eigenvalue weighted by atomic mass is 32.1. The van der Waals surface area contributed by atoms with Crippen LogP contribution in [0.4, 0.5) is 0 Å². The molecule has 0 radical (unpaired) electrons. The third-order valence-corrected chi connectivity index (χ3v) is 6.23. The number of fused-ring (bicyclic) bond motifs is 1. The summed E-state index contributed by atoms with van der Waals surface area (Å²) in [7, 11) is 0. The molecule has 1 aliphatic rings. The summed E-state index contributed by atoms with van der Waals surface area (Å²) in [6.45, 7) is 1.81. The van der Waals surface area contributed by atoms with Gasteiger partial charge in [0.05, 0.1) is 14.6 Å². The average molecular weight is 374 g/mol. The van der Waals surface area contributed by atoms with Crippen molar-refractivity contribution in [3.8, 4) is 10.6 Å². The lowest BCUT2D eigenvalue weighted by molar-refractivity contribution is -0.122. The topological polar surface area (TPSA) is 76.9 Å². The molecule has 3 aromatic rings. The summed E-state index contributed by atoms with van der Waals surface area (Å²) in [6.07, 6.45) is 4.32.